The van der Waals surface area contributed by atoms with Gasteiger partial charge in [0.05, 0.1) is 16.7 Å². The van der Waals surface area contributed by atoms with Crippen molar-refractivity contribution >= 4 is 23.2 Å². The monoisotopic (exact) mass is 244 g/mol. The molecular formula is C12H14Cl2O. The third-order valence-electron chi connectivity index (χ3n) is 2.95. The number of fused-ring (bicyclic) bond motifs is 1. The second-order valence-corrected chi connectivity index (χ2v) is 5.05. The molecule has 0 saturated heterocycles. The van der Waals surface area contributed by atoms with Gasteiger partial charge in [-0.1, -0.05) is 37.0 Å². The Kier molecular flexibility index (Phi) is 3.13. The lowest BCUT2D eigenvalue weighted by molar-refractivity contribution is 0.247. The quantitative estimate of drug-likeness (QED) is 0.707. The van der Waals surface area contributed by atoms with Crippen molar-refractivity contribution in [3.63, 3.8) is 0 Å². The first kappa shape index (κ1) is 11.1. The van der Waals surface area contributed by atoms with Gasteiger partial charge < -0.3 is 4.74 Å². The van der Waals surface area contributed by atoms with Gasteiger partial charge in [-0.3, -0.25) is 0 Å². The summed E-state index contributed by atoms with van der Waals surface area (Å²) in [5, 5.41) is 1.28. The van der Waals surface area contributed by atoms with Crippen LogP contribution in [0.25, 0.3) is 0 Å². The van der Waals surface area contributed by atoms with E-state index in [1.165, 1.54) is 0 Å². The molecule has 0 saturated carbocycles. The molecule has 1 unspecified atom stereocenters. The van der Waals surface area contributed by atoms with Crippen LogP contribution in [0, 0.1) is 5.92 Å². The molecule has 0 radical (unpaired) electrons. The number of halogens is 2. The van der Waals surface area contributed by atoms with Crippen molar-refractivity contribution in [2.75, 3.05) is 6.61 Å². The van der Waals surface area contributed by atoms with Crippen molar-refractivity contribution in [2.45, 2.75) is 26.2 Å². The molecule has 1 atom stereocenters. The van der Waals surface area contributed by atoms with Crippen LogP contribution in [0.4, 0.5) is 0 Å². The predicted molar refractivity (Wildman–Crippen MR) is 64.2 cm³/mol. The Morgan fingerprint density at radius 3 is 2.73 bits per heavy atom. The third kappa shape index (κ3) is 1.95. The van der Waals surface area contributed by atoms with E-state index in [4.69, 9.17) is 27.9 Å². The molecule has 1 aliphatic rings. The molecule has 0 bridgehead atoms. The fraction of sp³-hybridized carbons (Fsp3) is 0.500. The topological polar surface area (TPSA) is 9.23 Å². The van der Waals surface area contributed by atoms with E-state index in [9.17, 15) is 0 Å². The van der Waals surface area contributed by atoms with Crippen LogP contribution < -0.4 is 4.74 Å². The Morgan fingerprint density at radius 1 is 1.33 bits per heavy atom. The molecule has 3 heteroatoms. The maximum atomic E-state index is 6.24. The predicted octanol–water partition coefficient (Wildman–Crippen LogP) is 4.52. The largest absolute Gasteiger partial charge is 0.493 e. The third-order valence-corrected chi connectivity index (χ3v) is 3.77. The summed E-state index contributed by atoms with van der Waals surface area (Å²) in [7, 11) is 0. The Hall–Kier alpha value is -0.400. The molecule has 1 aromatic rings. The minimum Gasteiger partial charge on any atom is -0.493 e. The van der Waals surface area contributed by atoms with Crippen molar-refractivity contribution in [3.05, 3.63) is 27.7 Å². The van der Waals surface area contributed by atoms with Crippen LogP contribution in [-0.2, 0) is 0 Å². The molecule has 1 aromatic carbocycles. The number of rotatable bonds is 1. The van der Waals surface area contributed by atoms with Crippen molar-refractivity contribution in [3.8, 4) is 5.75 Å². The molecule has 1 nitrogen and oxygen atoms in total. The van der Waals surface area contributed by atoms with E-state index in [0.717, 1.165) is 24.3 Å². The smallest absolute Gasteiger partial charge is 0.124 e. The van der Waals surface area contributed by atoms with Gasteiger partial charge in [0.2, 0.25) is 0 Å². The van der Waals surface area contributed by atoms with Gasteiger partial charge in [-0.05, 0) is 30.4 Å². The summed E-state index contributed by atoms with van der Waals surface area (Å²) >= 11 is 12.3. The van der Waals surface area contributed by atoms with Crippen LogP contribution in [-0.4, -0.2) is 6.61 Å². The molecule has 0 fully saturated rings. The highest BCUT2D eigenvalue weighted by Crippen LogP contribution is 2.44. The lowest BCUT2D eigenvalue weighted by atomic mass is 9.84. The molecule has 0 aliphatic carbocycles. The zero-order chi connectivity index (χ0) is 11.0. The van der Waals surface area contributed by atoms with Crippen LogP contribution in [0.3, 0.4) is 0 Å². The zero-order valence-electron chi connectivity index (χ0n) is 8.89. The molecule has 0 aromatic heterocycles. The van der Waals surface area contributed by atoms with Crippen molar-refractivity contribution in [1.29, 1.82) is 0 Å². The lowest BCUT2D eigenvalue weighted by Crippen LogP contribution is -2.18. The molecule has 0 N–H and O–H groups in total. The van der Waals surface area contributed by atoms with E-state index in [1.54, 1.807) is 6.07 Å². The van der Waals surface area contributed by atoms with Gasteiger partial charge in [-0.25, -0.2) is 0 Å². The second kappa shape index (κ2) is 4.23. The Morgan fingerprint density at radius 2 is 2.07 bits per heavy atom. The van der Waals surface area contributed by atoms with Crippen LogP contribution in [0.2, 0.25) is 10.0 Å². The van der Waals surface area contributed by atoms with Crippen LogP contribution >= 0.6 is 23.2 Å². The molecule has 1 aliphatic heterocycles. The standard InChI is InChI=1S/C12H14Cl2O/c1-7(2)8-5-6-15-10-4-3-9(13)12(14)11(8)10/h3-4,7-8H,5-6H2,1-2H3. The molecule has 0 amide bonds. The first-order chi connectivity index (χ1) is 7.11. The first-order valence-electron chi connectivity index (χ1n) is 5.22. The summed E-state index contributed by atoms with van der Waals surface area (Å²) in [6.07, 6.45) is 1.02. The summed E-state index contributed by atoms with van der Waals surface area (Å²) in [6.45, 7) is 5.18. The number of ether oxygens (including phenoxy) is 1. The number of hydrogen-bond acceptors (Lipinski definition) is 1. The normalized spacial score (nSPS) is 19.9. The van der Waals surface area contributed by atoms with Gasteiger partial charge in [-0.15, -0.1) is 0 Å². The van der Waals surface area contributed by atoms with Crippen LogP contribution in [0.5, 0.6) is 5.75 Å². The van der Waals surface area contributed by atoms with E-state index >= 15 is 0 Å². The first-order valence-corrected chi connectivity index (χ1v) is 5.97. The molecule has 15 heavy (non-hydrogen) atoms. The summed E-state index contributed by atoms with van der Waals surface area (Å²) in [5.41, 5.74) is 1.09. The Bertz CT molecular complexity index is 374. The molecule has 0 spiro atoms. The van der Waals surface area contributed by atoms with E-state index in [2.05, 4.69) is 13.8 Å². The average molecular weight is 245 g/mol. The Labute approximate surface area is 100 Å². The summed E-state index contributed by atoms with van der Waals surface area (Å²) < 4.78 is 5.60. The van der Waals surface area contributed by atoms with Gasteiger partial charge in [-0.2, -0.15) is 0 Å². The number of benzene rings is 1. The SMILES string of the molecule is CC(C)C1CCOc2ccc(Cl)c(Cl)c21. The van der Waals surface area contributed by atoms with E-state index in [-0.39, 0.29) is 0 Å². The molecular weight excluding hydrogens is 231 g/mol. The van der Waals surface area contributed by atoms with Gasteiger partial charge >= 0.3 is 0 Å². The molecule has 82 valence electrons. The van der Waals surface area contributed by atoms with Crippen molar-refractivity contribution in [2.24, 2.45) is 5.92 Å². The molecule has 2 rings (SSSR count). The lowest BCUT2D eigenvalue weighted by Gasteiger charge is -2.29. The zero-order valence-corrected chi connectivity index (χ0v) is 10.4. The summed E-state index contributed by atoms with van der Waals surface area (Å²) in [6, 6.07) is 3.71. The Balaban J connectivity index is 2.53. The minimum atomic E-state index is 0.458. The molecule has 1 heterocycles. The summed E-state index contributed by atoms with van der Waals surface area (Å²) in [4.78, 5) is 0. The van der Waals surface area contributed by atoms with Gasteiger partial charge in [0.15, 0.2) is 0 Å². The highest BCUT2D eigenvalue weighted by Gasteiger charge is 2.27. The average Bonchev–Trinajstić information content (AvgIpc) is 2.23. The highest BCUT2D eigenvalue weighted by molar-refractivity contribution is 6.42. The van der Waals surface area contributed by atoms with Crippen molar-refractivity contribution in [1.82, 2.24) is 0 Å². The minimum absolute atomic E-state index is 0.458. The number of hydrogen-bond donors (Lipinski definition) is 0. The maximum absolute atomic E-state index is 6.24. The van der Waals surface area contributed by atoms with Gasteiger partial charge in [0, 0.05) is 5.56 Å². The van der Waals surface area contributed by atoms with Crippen molar-refractivity contribution < 1.29 is 4.74 Å². The van der Waals surface area contributed by atoms with Crippen LogP contribution in [0.15, 0.2) is 12.1 Å². The fourth-order valence-electron chi connectivity index (χ4n) is 2.13. The maximum Gasteiger partial charge on any atom is 0.124 e. The van der Waals surface area contributed by atoms with E-state index in [1.807, 2.05) is 6.07 Å². The second-order valence-electron chi connectivity index (χ2n) is 4.26. The van der Waals surface area contributed by atoms with E-state index < -0.39 is 0 Å². The highest BCUT2D eigenvalue weighted by atomic mass is 35.5. The van der Waals surface area contributed by atoms with E-state index in [0.29, 0.717) is 21.9 Å². The van der Waals surface area contributed by atoms with Crippen LogP contribution in [0.1, 0.15) is 31.7 Å². The van der Waals surface area contributed by atoms with Gasteiger partial charge in [0.25, 0.3) is 0 Å². The summed E-state index contributed by atoms with van der Waals surface area (Å²) in [5.74, 6) is 1.91. The fourth-order valence-corrected chi connectivity index (χ4v) is 2.59. The van der Waals surface area contributed by atoms with Gasteiger partial charge in [0.1, 0.15) is 5.75 Å².